The van der Waals surface area contributed by atoms with Crippen LogP contribution in [0.15, 0.2) is 34.2 Å². The summed E-state index contributed by atoms with van der Waals surface area (Å²) >= 11 is 1.62. The molecule has 0 spiro atoms. The highest BCUT2D eigenvalue weighted by Crippen LogP contribution is 2.20. The third-order valence-electron chi connectivity index (χ3n) is 3.78. The molecule has 0 atom stereocenters. The van der Waals surface area contributed by atoms with Crippen molar-refractivity contribution in [2.24, 2.45) is 0 Å². The maximum Gasteiger partial charge on any atom is 0.226 e. The summed E-state index contributed by atoms with van der Waals surface area (Å²) in [6.45, 7) is 3.07. The first-order valence-corrected chi connectivity index (χ1v) is 9.24. The molecule has 26 heavy (non-hydrogen) atoms. The van der Waals surface area contributed by atoms with Gasteiger partial charge in [0, 0.05) is 31.4 Å². The molecule has 7 nitrogen and oxygen atoms in total. The molecular weight excluding hydrogens is 357 g/mol. The first-order chi connectivity index (χ1) is 12.7. The summed E-state index contributed by atoms with van der Waals surface area (Å²) < 4.78 is 25.9. The van der Waals surface area contributed by atoms with Gasteiger partial charge in [0.1, 0.15) is 12.1 Å². The van der Waals surface area contributed by atoms with Crippen LogP contribution in [0.4, 0.5) is 4.39 Å². The Bertz CT molecular complexity index is 851. The molecule has 0 fully saturated rings. The third kappa shape index (κ3) is 4.67. The molecule has 9 heteroatoms. The molecule has 0 N–H and O–H groups in total. The number of ether oxygens (including phenoxy) is 1. The van der Waals surface area contributed by atoms with Crippen molar-refractivity contribution < 1.29 is 13.7 Å². The molecule has 3 aromatic rings. The summed E-state index contributed by atoms with van der Waals surface area (Å²) in [6, 6.07) is 4.92. The molecule has 1 aromatic carbocycles. The van der Waals surface area contributed by atoms with Crippen molar-refractivity contribution in [1.82, 2.24) is 24.9 Å². The Morgan fingerprint density at radius 3 is 3.04 bits per heavy atom. The van der Waals surface area contributed by atoms with Crippen molar-refractivity contribution in [1.29, 1.82) is 0 Å². The largest absolute Gasteiger partial charge is 0.383 e. The highest BCUT2D eigenvalue weighted by atomic mass is 32.2. The van der Waals surface area contributed by atoms with Crippen LogP contribution in [-0.4, -0.2) is 44.4 Å². The number of aromatic nitrogens is 5. The number of aryl methyl sites for hydroxylation is 2. The average molecular weight is 377 g/mol. The van der Waals surface area contributed by atoms with E-state index in [-0.39, 0.29) is 5.82 Å². The van der Waals surface area contributed by atoms with Crippen molar-refractivity contribution in [3.63, 3.8) is 0 Å². The van der Waals surface area contributed by atoms with Crippen LogP contribution in [0.1, 0.15) is 17.9 Å². The predicted molar refractivity (Wildman–Crippen MR) is 95.4 cm³/mol. The van der Waals surface area contributed by atoms with Crippen molar-refractivity contribution in [2.75, 3.05) is 19.5 Å². The zero-order valence-electron chi connectivity index (χ0n) is 14.7. The summed E-state index contributed by atoms with van der Waals surface area (Å²) in [7, 11) is 1.67. The molecule has 0 unspecified atom stereocenters. The van der Waals surface area contributed by atoms with E-state index in [1.165, 1.54) is 6.07 Å². The molecule has 0 saturated heterocycles. The fraction of sp³-hybridized carbons (Fsp3) is 0.412. The maximum atomic E-state index is 13.7. The summed E-state index contributed by atoms with van der Waals surface area (Å²) in [6.07, 6.45) is 3.21. The van der Waals surface area contributed by atoms with Crippen molar-refractivity contribution in [3.8, 4) is 11.4 Å². The van der Waals surface area contributed by atoms with E-state index in [0.717, 1.165) is 23.9 Å². The molecule has 0 aliphatic carbocycles. The van der Waals surface area contributed by atoms with E-state index in [0.29, 0.717) is 35.9 Å². The lowest BCUT2D eigenvalue weighted by atomic mass is 10.1. The minimum Gasteiger partial charge on any atom is -0.383 e. The van der Waals surface area contributed by atoms with Crippen LogP contribution in [0.25, 0.3) is 11.4 Å². The van der Waals surface area contributed by atoms with Gasteiger partial charge in [-0.05, 0) is 25.0 Å². The summed E-state index contributed by atoms with van der Waals surface area (Å²) in [4.78, 5) is 4.34. The van der Waals surface area contributed by atoms with Gasteiger partial charge in [-0.1, -0.05) is 29.1 Å². The van der Waals surface area contributed by atoms with E-state index in [2.05, 4.69) is 20.3 Å². The standard InChI is InChI=1S/C17H20FN5O2S/c1-12-5-6-13(10-14(12)18)16-20-15(25-22-16)4-3-9-26-17-21-19-11-23(17)7-8-24-2/h5-6,10-11H,3-4,7-9H2,1-2H3. The Hall–Kier alpha value is -2.26. The van der Waals surface area contributed by atoms with Crippen LogP contribution in [0.2, 0.25) is 0 Å². The number of rotatable bonds is 9. The number of nitrogens with zero attached hydrogens (tertiary/aromatic N) is 5. The Balaban J connectivity index is 1.49. The van der Waals surface area contributed by atoms with Gasteiger partial charge < -0.3 is 13.8 Å². The van der Waals surface area contributed by atoms with Crippen molar-refractivity contribution >= 4 is 11.8 Å². The Morgan fingerprint density at radius 2 is 2.23 bits per heavy atom. The van der Waals surface area contributed by atoms with E-state index in [1.807, 2.05) is 4.57 Å². The topological polar surface area (TPSA) is 78.9 Å². The van der Waals surface area contributed by atoms with E-state index in [1.54, 1.807) is 44.3 Å². The number of halogens is 1. The molecule has 0 aliphatic heterocycles. The molecule has 0 saturated carbocycles. The highest BCUT2D eigenvalue weighted by molar-refractivity contribution is 7.99. The van der Waals surface area contributed by atoms with E-state index < -0.39 is 0 Å². The Labute approximate surface area is 155 Å². The zero-order chi connectivity index (χ0) is 18.4. The quantitative estimate of drug-likeness (QED) is 0.419. The summed E-state index contributed by atoms with van der Waals surface area (Å²) in [5.74, 6) is 1.53. The van der Waals surface area contributed by atoms with Gasteiger partial charge in [-0.3, -0.25) is 0 Å². The van der Waals surface area contributed by atoms with Crippen LogP contribution < -0.4 is 0 Å². The van der Waals surface area contributed by atoms with Gasteiger partial charge in [0.05, 0.1) is 6.61 Å². The smallest absolute Gasteiger partial charge is 0.226 e. The average Bonchev–Trinajstić information content (AvgIpc) is 3.28. The van der Waals surface area contributed by atoms with E-state index in [4.69, 9.17) is 9.26 Å². The lowest BCUT2D eigenvalue weighted by molar-refractivity contribution is 0.184. The SMILES string of the molecule is COCCn1cnnc1SCCCc1nc(-c2ccc(C)c(F)c2)no1. The van der Waals surface area contributed by atoms with Gasteiger partial charge >= 0.3 is 0 Å². The number of benzene rings is 1. The maximum absolute atomic E-state index is 13.7. The Morgan fingerprint density at radius 1 is 1.35 bits per heavy atom. The van der Waals surface area contributed by atoms with Crippen molar-refractivity contribution in [3.05, 3.63) is 41.8 Å². The first-order valence-electron chi connectivity index (χ1n) is 8.26. The van der Waals surface area contributed by atoms with Gasteiger partial charge in [0.25, 0.3) is 0 Å². The highest BCUT2D eigenvalue weighted by Gasteiger charge is 2.11. The molecular formula is C17H20FN5O2S. The number of methoxy groups -OCH3 is 1. The second kappa shape index (κ2) is 8.91. The molecule has 2 aromatic heterocycles. The minimum atomic E-state index is -0.275. The lowest BCUT2D eigenvalue weighted by Crippen LogP contribution is -2.04. The van der Waals surface area contributed by atoms with E-state index >= 15 is 0 Å². The molecule has 3 rings (SSSR count). The molecule has 0 aliphatic rings. The molecule has 0 bridgehead atoms. The predicted octanol–water partition coefficient (Wildman–Crippen LogP) is 3.15. The van der Waals surface area contributed by atoms with Crippen LogP contribution in [-0.2, 0) is 17.7 Å². The zero-order valence-corrected chi connectivity index (χ0v) is 15.5. The first kappa shape index (κ1) is 18.5. The molecule has 0 amide bonds. The normalized spacial score (nSPS) is 11.2. The summed E-state index contributed by atoms with van der Waals surface area (Å²) in [5.41, 5.74) is 1.21. The number of hydrogen-bond donors (Lipinski definition) is 0. The van der Waals surface area contributed by atoms with E-state index in [9.17, 15) is 4.39 Å². The van der Waals surface area contributed by atoms with Crippen LogP contribution >= 0.6 is 11.8 Å². The summed E-state index contributed by atoms with van der Waals surface area (Å²) in [5, 5.41) is 12.8. The minimum absolute atomic E-state index is 0.275. The Kier molecular flexibility index (Phi) is 6.35. The van der Waals surface area contributed by atoms with Crippen LogP contribution in [0.3, 0.4) is 0 Å². The van der Waals surface area contributed by atoms with Gasteiger partial charge in [-0.2, -0.15) is 4.98 Å². The van der Waals surface area contributed by atoms with Gasteiger partial charge in [0.15, 0.2) is 5.16 Å². The second-order valence-electron chi connectivity index (χ2n) is 5.73. The fourth-order valence-corrected chi connectivity index (χ4v) is 3.17. The van der Waals surface area contributed by atoms with Gasteiger partial charge in [-0.25, -0.2) is 4.39 Å². The van der Waals surface area contributed by atoms with Crippen LogP contribution in [0.5, 0.6) is 0 Å². The molecule has 138 valence electrons. The van der Waals surface area contributed by atoms with Crippen molar-refractivity contribution in [2.45, 2.75) is 31.5 Å². The monoisotopic (exact) mass is 377 g/mol. The van der Waals surface area contributed by atoms with Gasteiger partial charge in [0.2, 0.25) is 11.7 Å². The lowest BCUT2D eigenvalue weighted by Gasteiger charge is -2.04. The number of hydrogen-bond acceptors (Lipinski definition) is 7. The van der Waals surface area contributed by atoms with Crippen LogP contribution in [0, 0.1) is 12.7 Å². The third-order valence-corrected chi connectivity index (χ3v) is 4.85. The molecule has 0 radical (unpaired) electrons. The molecule has 2 heterocycles. The fourth-order valence-electron chi connectivity index (χ4n) is 2.29. The second-order valence-corrected chi connectivity index (χ2v) is 6.79. The van der Waals surface area contributed by atoms with Gasteiger partial charge in [-0.15, -0.1) is 10.2 Å². The number of thioether (sulfide) groups is 1.